The van der Waals surface area contributed by atoms with E-state index in [4.69, 9.17) is 4.98 Å². The van der Waals surface area contributed by atoms with Gasteiger partial charge in [-0.2, -0.15) is 10.2 Å². The summed E-state index contributed by atoms with van der Waals surface area (Å²) in [7, 11) is 1.89. The monoisotopic (exact) mass is 437 g/mol. The molecule has 5 aromatic rings. The first-order valence-corrected chi connectivity index (χ1v) is 10.6. The minimum atomic E-state index is 0.367. The number of nitrogens with zero attached hydrogens (tertiary/aromatic N) is 7. The first-order valence-electron chi connectivity index (χ1n) is 10.6. The Balaban J connectivity index is 1.47. The molecule has 2 N–H and O–H groups in total. The van der Waals surface area contributed by atoms with E-state index >= 15 is 0 Å². The predicted octanol–water partition coefficient (Wildman–Crippen LogP) is 4.83. The second kappa shape index (κ2) is 8.62. The molecule has 9 heteroatoms. The molecule has 164 valence electrons. The molecule has 0 aliphatic rings. The van der Waals surface area contributed by atoms with Crippen molar-refractivity contribution in [3.05, 3.63) is 72.9 Å². The van der Waals surface area contributed by atoms with E-state index in [0.717, 1.165) is 39.2 Å². The number of hydrogen-bond acceptors (Lipinski definition) is 8. The molecule has 0 saturated heterocycles. The highest BCUT2D eigenvalue weighted by Gasteiger charge is 2.13. The second-order valence-electron chi connectivity index (χ2n) is 8.04. The highest BCUT2D eigenvalue weighted by atomic mass is 15.3. The number of anilines is 4. The minimum Gasteiger partial charge on any atom is -0.337 e. The summed E-state index contributed by atoms with van der Waals surface area (Å²) in [6, 6.07) is 11.6. The highest BCUT2D eigenvalue weighted by molar-refractivity contribution is 5.85. The zero-order valence-electron chi connectivity index (χ0n) is 18.6. The van der Waals surface area contributed by atoms with Crippen molar-refractivity contribution in [2.75, 3.05) is 10.6 Å². The summed E-state index contributed by atoms with van der Waals surface area (Å²) >= 11 is 0. The van der Waals surface area contributed by atoms with Gasteiger partial charge in [0.2, 0.25) is 0 Å². The summed E-state index contributed by atoms with van der Waals surface area (Å²) in [4.78, 5) is 13.5. The van der Waals surface area contributed by atoms with E-state index in [-0.39, 0.29) is 0 Å². The lowest BCUT2D eigenvalue weighted by Crippen LogP contribution is -2.00. The molecule has 0 amide bonds. The summed E-state index contributed by atoms with van der Waals surface area (Å²) in [5, 5.41) is 19.4. The average molecular weight is 438 g/mol. The van der Waals surface area contributed by atoms with Gasteiger partial charge >= 0.3 is 0 Å². The fourth-order valence-electron chi connectivity index (χ4n) is 3.48. The predicted molar refractivity (Wildman–Crippen MR) is 129 cm³/mol. The van der Waals surface area contributed by atoms with Gasteiger partial charge in [0.25, 0.3) is 0 Å². The quantitative estimate of drug-likeness (QED) is 0.389. The van der Waals surface area contributed by atoms with Crippen LogP contribution in [0.25, 0.3) is 22.2 Å². The van der Waals surface area contributed by atoms with Gasteiger partial charge in [0.1, 0.15) is 5.82 Å². The van der Waals surface area contributed by atoms with Gasteiger partial charge in [-0.3, -0.25) is 14.6 Å². The van der Waals surface area contributed by atoms with Crippen LogP contribution >= 0.6 is 0 Å². The van der Waals surface area contributed by atoms with Crippen LogP contribution in [0.4, 0.5) is 23.1 Å². The smallest absolute Gasteiger partial charge is 0.160 e. The molecule has 0 atom stereocenters. The maximum atomic E-state index is 4.75. The number of rotatable bonds is 6. The second-order valence-corrected chi connectivity index (χ2v) is 8.04. The molecule has 0 bridgehead atoms. The molecule has 0 aromatic carbocycles. The number of fused-ring (bicyclic) bond motifs is 1. The van der Waals surface area contributed by atoms with Crippen molar-refractivity contribution >= 4 is 34.2 Å². The fourth-order valence-corrected chi connectivity index (χ4v) is 3.48. The summed E-state index contributed by atoms with van der Waals surface area (Å²) in [5.41, 5.74) is 5.38. The molecule has 0 fully saturated rings. The van der Waals surface area contributed by atoms with Gasteiger partial charge in [0.15, 0.2) is 11.6 Å². The van der Waals surface area contributed by atoms with Crippen LogP contribution in [0.5, 0.6) is 0 Å². The van der Waals surface area contributed by atoms with E-state index in [9.17, 15) is 0 Å². The van der Waals surface area contributed by atoms with Crippen LogP contribution in [0.3, 0.4) is 0 Å². The first kappa shape index (κ1) is 20.5. The van der Waals surface area contributed by atoms with E-state index in [2.05, 4.69) is 49.7 Å². The van der Waals surface area contributed by atoms with Crippen molar-refractivity contribution in [2.45, 2.75) is 19.8 Å². The molecule has 5 rings (SSSR count). The molecule has 33 heavy (non-hydrogen) atoms. The SMILES string of the molecule is CC(C)c1cnnc(Nc2ccc3ncc(-c4cn(C)nc4Nc4cccnc4)cc3n2)c1. The van der Waals surface area contributed by atoms with Gasteiger partial charge in [0, 0.05) is 36.8 Å². The molecule has 5 aromatic heterocycles. The summed E-state index contributed by atoms with van der Waals surface area (Å²) in [6.07, 6.45) is 9.06. The van der Waals surface area contributed by atoms with E-state index < -0.39 is 0 Å². The van der Waals surface area contributed by atoms with Crippen molar-refractivity contribution in [1.29, 1.82) is 0 Å². The number of nitrogens with one attached hydrogen (secondary N) is 2. The van der Waals surface area contributed by atoms with Crippen LogP contribution < -0.4 is 10.6 Å². The van der Waals surface area contributed by atoms with E-state index in [0.29, 0.717) is 17.6 Å². The van der Waals surface area contributed by atoms with E-state index in [1.165, 1.54) is 0 Å². The molecule has 5 heterocycles. The van der Waals surface area contributed by atoms with Crippen molar-refractivity contribution in [3.8, 4) is 11.1 Å². The molecule has 9 nitrogen and oxygen atoms in total. The van der Waals surface area contributed by atoms with E-state index in [1.54, 1.807) is 23.3 Å². The fraction of sp³-hybridized carbons (Fsp3) is 0.167. The van der Waals surface area contributed by atoms with Crippen LogP contribution in [0.2, 0.25) is 0 Å². The van der Waals surface area contributed by atoms with Crippen LogP contribution in [0, 0.1) is 0 Å². The third-order valence-corrected chi connectivity index (χ3v) is 5.20. The Labute approximate surface area is 191 Å². The molecular formula is C24H23N9. The maximum absolute atomic E-state index is 4.75. The highest BCUT2D eigenvalue weighted by Crippen LogP contribution is 2.30. The Bertz CT molecular complexity index is 1410. The topological polar surface area (TPSA) is 106 Å². The molecule has 0 unspecified atom stereocenters. The van der Waals surface area contributed by atoms with Gasteiger partial charge in [0.05, 0.1) is 29.1 Å². The van der Waals surface area contributed by atoms with Gasteiger partial charge in [-0.1, -0.05) is 13.8 Å². The standard InChI is InChI=1S/C24H23N9/c1-15(2)16-10-23(31-27-12-16)30-22-7-6-20-21(29-22)9-17(11-26-20)19-14-33(3)32-24(19)28-18-5-4-8-25-13-18/h4-15H,1-3H3,(H,28,32)(H,29,30,31). The largest absolute Gasteiger partial charge is 0.337 e. The van der Waals surface area contributed by atoms with Gasteiger partial charge < -0.3 is 10.6 Å². The van der Waals surface area contributed by atoms with Crippen molar-refractivity contribution < 1.29 is 0 Å². The molecule has 0 aliphatic carbocycles. The number of aryl methyl sites for hydroxylation is 1. The minimum absolute atomic E-state index is 0.367. The van der Waals surface area contributed by atoms with Gasteiger partial charge in [-0.05, 0) is 47.9 Å². The van der Waals surface area contributed by atoms with Gasteiger partial charge in [-0.15, -0.1) is 5.10 Å². The molecule has 0 aliphatic heterocycles. The number of hydrogen-bond donors (Lipinski definition) is 2. The number of aromatic nitrogens is 7. The van der Waals surface area contributed by atoms with Crippen molar-refractivity contribution in [2.24, 2.45) is 7.05 Å². The normalized spacial score (nSPS) is 11.2. The Kier molecular flexibility index (Phi) is 5.35. The third kappa shape index (κ3) is 4.47. The van der Waals surface area contributed by atoms with Crippen LogP contribution in [-0.4, -0.2) is 34.9 Å². The Morgan fingerprint density at radius 2 is 1.85 bits per heavy atom. The molecule has 0 radical (unpaired) electrons. The lowest BCUT2D eigenvalue weighted by molar-refractivity contribution is 0.771. The lowest BCUT2D eigenvalue weighted by atomic mass is 10.1. The number of pyridine rings is 3. The summed E-state index contributed by atoms with van der Waals surface area (Å²) < 4.78 is 1.77. The van der Waals surface area contributed by atoms with Crippen molar-refractivity contribution in [3.63, 3.8) is 0 Å². The van der Waals surface area contributed by atoms with Gasteiger partial charge in [-0.25, -0.2) is 4.98 Å². The average Bonchev–Trinajstić information content (AvgIpc) is 3.19. The summed E-state index contributed by atoms with van der Waals surface area (Å²) in [6.45, 7) is 4.25. The zero-order chi connectivity index (χ0) is 22.8. The summed E-state index contributed by atoms with van der Waals surface area (Å²) in [5.74, 6) is 2.43. The molecular weight excluding hydrogens is 414 g/mol. The Morgan fingerprint density at radius 3 is 2.67 bits per heavy atom. The Hall–Kier alpha value is -4.40. The first-order chi connectivity index (χ1) is 16.0. The van der Waals surface area contributed by atoms with Crippen LogP contribution in [0.15, 0.2) is 67.4 Å². The van der Waals surface area contributed by atoms with Crippen LogP contribution in [0.1, 0.15) is 25.3 Å². The van der Waals surface area contributed by atoms with Crippen LogP contribution in [-0.2, 0) is 7.05 Å². The third-order valence-electron chi connectivity index (χ3n) is 5.20. The lowest BCUT2D eigenvalue weighted by Gasteiger charge is -2.09. The maximum Gasteiger partial charge on any atom is 0.160 e. The molecule has 0 saturated carbocycles. The zero-order valence-corrected chi connectivity index (χ0v) is 18.6. The van der Waals surface area contributed by atoms with E-state index in [1.807, 2.05) is 55.8 Å². The Morgan fingerprint density at radius 1 is 0.939 bits per heavy atom. The molecule has 0 spiro atoms. The van der Waals surface area contributed by atoms with Crippen molar-refractivity contribution in [1.82, 2.24) is 34.9 Å².